The molecule has 3 aromatic rings. The quantitative estimate of drug-likeness (QED) is 0.202. The Morgan fingerprint density at radius 3 is 2.59 bits per heavy atom. The van der Waals surface area contributed by atoms with Crippen molar-refractivity contribution in [2.24, 2.45) is 0 Å². The minimum Gasteiger partial charge on any atom is -0.445 e. The normalized spacial score (nSPS) is 17.4. The van der Waals surface area contributed by atoms with Crippen LogP contribution in [-0.2, 0) is 21.5 Å². The molecule has 0 bridgehead atoms. The first kappa shape index (κ1) is 25.9. The third-order valence-corrected chi connectivity index (χ3v) is 5.93. The predicted octanol–water partition coefficient (Wildman–Crippen LogP) is 4.88. The zero-order valence-electron chi connectivity index (χ0n) is 21.1. The fourth-order valence-corrected chi connectivity index (χ4v) is 4.21. The Morgan fingerprint density at radius 1 is 1.24 bits per heavy atom. The summed E-state index contributed by atoms with van der Waals surface area (Å²) in [5, 5.41) is 18.4. The number of anilines is 1. The molecule has 1 saturated carbocycles. The number of amides is 1. The average molecular weight is 512 g/mol. The largest absolute Gasteiger partial charge is 0.514 e. The SMILES string of the molecule is Cc1cnc(CC(=O)Nc2cc(C3CCC(OC(=O)Oc4ccc([N+](=O)[O-])cc4)C3)nn2C(C)(C)C)o1. The molecular formula is C25H29N5O7. The van der Waals surface area contributed by atoms with Gasteiger partial charge in [0.2, 0.25) is 11.8 Å². The summed E-state index contributed by atoms with van der Waals surface area (Å²) in [5.74, 6) is 1.48. The van der Waals surface area contributed by atoms with Gasteiger partial charge in [-0.2, -0.15) is 5.10 Å². The minimum absolute atomic E-state index is 0.00864. The lowest BCUT2D eigenvalue weighted by Gasteiger charge is -2.22. The Morgan fingerprint density at radius 2 is 1.97 bits per heavy atom. The van der Waals surface area contributed by atoms with Gasteiger partial charge in [-0.05, 0) is 59.1 Å². The van der Waals surface area contributed by atoms with Gasteiger partial charge in [-0.15, -0.1) is 0 Å². The molecule has 2 aromatic heterocycles. The van der Waals surface area contributed by atoms with Crippen molar-refractivity contribution in [2.75, 3.05) is 5.32 Å². The summed E-state index contributed by atoms with van der Waals surface area (Å²) in [6.07, 6.45) is 2.29. The molecule has 37 heavy (non-hydrogen) atoms. The first-order valence-electron chi connectivity index (χ1n) is 11.9. The predicted molar refractivity (Wildman–Crippen MR) is 131 cm³/mol. The van der Waals surface area contributed by atoms with Crippen LogP contribution in [0.1, 0.15) is 63.3 Å². The molecule has 0 aliphatic heterocycles. The maximum Gasteiger partial charge on any atom is 0.514 e. The monoisotopic (exact) mass is 511 g/mol. The van der Waals surface area contributed by atoms with E-state index in [0.29, 0.717) is 30.3 Å². The van der Waals surface area contributed by atoms with Crippen molar-refractivity contribution in [3.63, 3.8) is 0 Å². The van der Waals surface area contributed by atoms with Crippen molar-refractivity contribution in [1.82, 2.24) is 14.8 Å². The summed E-state index contributed by atoms with van der Waals surface area (Å²) in [6, 6.07) is 7.04. The Bertz CT molecular complexity index is 1290. The van der Waals surface area contributed by atoms with Crippen LogP contribution in [0, 0.1) is 17.0 Å². The number of hydrogen-bond donors (Lipinski definition) is 1. The van der Waals surface area contributed by atoms with Crippen molar-refractivity contribution >= 4 is 23.6 Å². The van der Waals surface area contributed by atoms with Crippen molar-refractivity contribution in [3.8, 4) is 5.75 Å². The van der Waals surface area contributed by atoms with Crippen LogP contribution < -0.4 is 10.1 Å². The van der Waals surface area contributed by atoms with Crippen LogP contribution in [0.3, 0.4) is 0 Å². The van der Waals surface area contributed by atoms with E-state index in [4.69, 9.17) is 19.0 Å². The van der Waals surface area contributed by atoms with Crippen LogP contribution in [0.4, 0.5) is 16.3 Å². The molecule has 1 aromatic carbocycles. The third kappa shape index (κ3) is 6.51. The number of aryl methyl sites for hydroxylation is 1. The first-order valence-corrected chi connectivity index (χ1v) is 11.9. The van der Waals surface area contributed by atoms with E-state index in [9.17, 15) is 19.7 Å². The van der Waals surface area contributed by atoms with E-state index in [1.54, 1.807) is 17.8 Å². The van der Waals surface area contributed by atoms with Crippen molar-refractivity contribution in [1.29, 1.82) is 0 Å². The summed E-state index contributed by atoms with van der Waals surface area (Å²) >= 11 is 0. The first-order chi connectivity index (χ1) is 17.5. The van der Waals surface area contributed by atoms with E-state index < -0.39 is 11.1 Å². The molecular weight excluding hydrogens is 482 g/mol. The summed E-state index contributed by atoms with van der Waals surface area (Å²) in [4.78, 5) is 39.2. The van der Waals surface area contributed by atoms with Gasteiger partial charge in [-0.3, -0.25) is 14.9 Å². The van der Waals surface area contributed by atoms with Gasteiger partial charge in [0.25, 0.3) is 5.69 Å². The maximum atomic E-state index is 12.6. The molecule has 1 N–H and O–H groups in total. The zero-order chi connectivity index (χ0) is 26.7. The molecule has 1 aliphatic rings. The Kier molecular flexibility index (Phi) is 7.28. The molecule has 12 nitrogen and oxygen atoms in total. The van der Waals surface area contributed by atoms with Crippen LogP contribution in [0.2, 0.25) is 0 Å². The molecule has 1 amide bonds. The number of nitrogens with zero attached hydrogens (tertiary/aromatic N) is 4. The van der Waals surface area contributed by atoms with E-state index in [2.05, 4.69) is 10.3 Å². The number of nitro groups is 1. The van der Waals surface area contributed by atoms with E-state index in [0.717, 1.165) is 12.1 Å². The van der Waals surface area contributed by atoms with Crippen LogP contribution in [-0.4, -0.2) is 37.9 Å². The number of carbonyl (C=O) groups excluding carboxylic acids is 2. The summed E-state index contributed by atoms with van der Waals surface area (Å²) in [5.41, 5.74) is 0.313. The zero-order valence-corrected chi connectivity index (χ0v) is 21.1. The van der Waals surface area contributed by atoms with Crippen LogP contribution >= 0.6 is 0 Å². The molecule has 2 heterocycles. The molecule has 196 valence electrons. The van der Waals surface area contributed by atoms with Gasteiger partial charge in [0.1, 0.15) is 29.9 Å². The number of carbonyl (C=O) groups is 2. The number of rotatable bonds is 7. The molecule has 0 saturated heterocycles. The highest BCUT2D eigenvalue weighted by Crippen LogP contribution is 2.37. The molecule has 1 aliphatic carbocycles. The van der Waals surface area contributed by atoms with Gasteiger partial charge in [-0.25, -0.2) is 14.5 Å². The van der Waals surface area contributed by atoms with Crippen LogP contribution in [0.5, 0.6) is 5.75 Å². The van der Waals surface area contributed by atoms with Gasteiger partial charge in [-0.1, -0.05) is 0 Å². The second kappa shape index (κ2) is 10.4. The lowest BCUT2D eigenvalue weighted by Crippen LogP contribution is -2.27. The van der Waals surface area contributed by atoms with Gasteiger partial charge in [0.15, 0.2) is 0 Å². The summed E-state index contributed by atoms with van der Waals surface area (Å²) in [6.45, 7) is 7.74. The molecule has 2 unspecified atom stereocenters. The van der Waals surface area contributed by atoms with E-state index >= 15 is 0 Å². The van der Waals surface area contributed by atoms with E-state index in [-0.39, 0.29) is 41.3 Å². The number of ether oxygens (including phenoxy) is 2. The van der Waals surface area contributed by atoms with E-state index in [1.165, 1.54) is 24.3 Å². The number of aromatic nitrogens is 3. The molecule has 12 heteroatoms. The number of benzene rings is 1. The number of nitrogens with one attached hydrogen (secondary N) is 1. The van der Waals surface area contributed by atoms with Gasteiger partial charge in [0, 0.05) is 24.1 Å². The fourth-order valence-electron chi connectivity index (χ4n) is 4.21. The summed E-state index contributed by atoms with van der Waals surface area (Å²) in [7, 11) is 0. The van der Waals surface area contributed by atoms with Gasteiger partial charge >= 0.3 is 6.16 Å². The topological polar surface area (TPSA) is 152 Å². The lowest BCUT2D eigenvalue weighted by molar-refractivity contribution is -0.384. The van der Waals surface area contributed by atoms with Crippen molar-refractivity contribution in [3.05, 3.63) is 64.0 Å². The number of nitro benzene ring substituents is 1. The summed E-state index contributed by atoms with van der Waals surface area (Å²) < 4.78 is 17.8. The fraction of sp³-hybridized carbons (Fsp3) is 0.440. The van der Waals surface area contributed by atoms with Crippen molar-refractivity contribution < 1.29 is 28.4 Å². The lowest BCUT2D eigenvalue weighted by atomic mass is 10.0. The van der Waals surface area contributed by atoms with Crippen LogP contribution in [0.15, 0.2) is 40.9 Å². The van der Waals surface area contributed by atoms with E-state index in [1.807, 2.05) is 26.8 Å². The second-order valence-electron chi connectivity index (χ2n) is 9.98. The molecule has 0 radical (unpaired) electrons. The Labute approximate surface area is 213 Å². The smallest absolute Gasteiger partial charge is 0.445 e. The number of oxazole rings is 1. The second-order valence-corrected chi connectivity index (χ2v) is 9.98. The minimum atomic E-state index is -0.866. The average Bonchev–Trinajstić information content (AvgIpc) is 3.54. The van der Waals surface area contributed by atoms with Crippen LogP contribution in [0.25, 0.3) is 0 Å². The Hall–Kier alpha value is -4.22. The molecule has 0 spiro atoms. The van der Waals surface area contributed by atoms with Gasteiger partial charge in [0.05, 0.1) is 22.4 Å². The number of non-ortho nitro benzene ring substituents is 1. The molecule has 1 fully saturated rings. The maximum absolute atomic E-state index is 12.6. The highest BCUT2D eigenvalue weighted by Gasteiger charge is 2.33. The van der Waals surface area contributed by atoms with Crippen molar-refractivity contribution in [2.45, 2.75) is 70.9 Å². The highest BCUT2D eigenvalue weighted by atomic mass is 16.7. The molecule has 4 rings (SSSR count). The third-order valence-electron chi connectivity index (χ3n) is 5.93. The highest BCUT2D eigenvalue weighted by molar-refractivity contribution is 5.91. The Balaban J connectivity index is 1.37. The van der Waals surface area contributed by atoms with Gasteiger partial charge < -0.3 is 19.2 Å². The number of hydrogen-bond acceptors (Lipinski definition) is 9. The standard InChI is InChI=1S/C25H29N5O7/c1-15-14-26-23(35-15)13-22(31)27-21-12-20(28-29(21)25(2,3)4)16-5-8-19(11-16)37-24(32)36-18-9-6-17(7-10-18)30(33)34/h6-7,9-10,12,14,16,19H,5,8,11,13H2,1-4H3,(H,27,31). The molecule has 2 atom stereocenters.